The minimum absolute atomic E-state index is 0.348. The Morgan fingerprint density at radius 3 is 2.43 bits per heavy atom. The highest BCUT2D eigenvalue weighted by Gasteiger charge is 2.56. The molecule has 2 rings (SSSR count). The standard InChI is InChI=1S/C10H19NO2S/c1-10(2)9(3-4-14(10,12)13)8-5-7(8)6-11/h7-9H,3-6,11H2,1-2H3/t7-,8+,9?/m0/s1. The van der Waals surface area contributed by atoms with Gasteiger partial charge in [0.2, 0.25) is 0 Å². The Morgan fingerprint density at radius 1 is 1.43 bits per heavy atom. The maximum Gasteiger partial charge on any atom is 0.155 e. The highest BCUT2D eigenvalue weighted by atomic mass is 32.2. The molecule has 0 bridgehead atoms. The van der Waals surface area contributed by atoms with E-state index >= 15 is 0 Å². The van der Waals surface area contributed by atoms with Gasteiger partial charge in [0.1, 0.15) is 0 Å². The molecule has 1 saturated heterocycles. The van der Waals surface area contributed by atoms with Crippen LogP contribution in [0.5, 0.6) is 0 Å². The van der Waals surface area contributed by atoms with Crippen molar-refractivity contribution in [1.29, 1.82) is 0 Å². The summed E-state index contributed by atoms with van der Waals surface area (Å²) in [5, 5.41) is 0. The van der Waals surface area contributed by atoms with Crippen LogP contribution >= 0.6 is 0 Å². The molecule has 14 heavy (non-hydrogen) atoms. The van der Waals surface area contributed by atoms with Gasteiger partial charge in [-0.2, -0.15) is 0 Å². The summed E-state index contributed by atoms with van der Waals surface area (Å²) in [5.74, 6) is 1.89. The van der Waals surface area contributed by atoms with E-state index in [1.807, 2.05) is 13.8 Å². The van der Waals surface area contributed by atoms with Crippen molar-refractivity contribution in [2.45, 2.75) is 31.4 Å². The summed E-state index contributed by atoms with van der Waals surface area (Å²) in [6.45, 7) is 4.48. The predicted molar refractivity (Wildman–Crippen MR) is 56.6 cm³/mol. The molecule has 0 aromatic carbocycles. The summed E-state index contributed by atoms with van der Waals surface area (Å²) in [7, 11) is -2.85. The van der Waals surface area contributed by atoms with Crippen molar-refractivity contribution < 1.29 is 8.42 Å². The van der Waals surface area contributed by atoms with Crippen molar-refractivity contribution in [3.63, 3.8) is 0 Å². The molecule has 1 aliphatic carbocycles. The van der Waals surface area contributed by atoms with Crippen LogP contribution in [-0.4, -0.2) is 25.5 Å². The van der Waals surface area contributed by atoms with E-state index in [1.165, 1.54) is 0 Å². The fourth-order valence-corrected chi connectivity index (χ4v) is 4.73. The molecular weight excluding hydrogens is 198 g/mol. The summed E-state index contributed by atoms with van der Waals surface area (Å²) < 4.78 is 23.1. The van der Waals surface area contributed by atoms with Gasteiger partial charge in [-0.3, -0.25) is 0 Å². The molecule has 1 unspecified atom stereocenters. The van der Waals surface area contributed by atoms with Crippen LogP contribution in [0.25, 0.3) is 0 Å². The third kappa shape index (κ3) is 1.31. The van der Waals surface area contributed by atoms with Crippen LogP contribution in [0.1, 0.15) is 26.7 Å². The van der Waals surface area contributed by atoms with Gasteiger partial charge in [-0.1, -0.05) is 0 Å². The zero-order valence-corrected chi connectivity index (χ0v) is 9.68. The Morgan fingerprint density at radius 2 is 2.07 bits per heavy atom. The molecular formula is C10H19NO2S. The molecule has 4 heteroatoms. The van der Waals surface area contributed by atoms with Gasteiger partial charge in [-0.25, -0.2) is 8.42 Å². The van der Waals surface area contributed by atoms with Gasteiger partial charge < -0.3 is 5.73 Å². The molecule has 1 aliphatic heterocycles. The van der Waals surface area contributed by atoms with Crippen molar-refractivity contribution in [1.82, 2.24) is 0 Å². The van der Waals surface area contributed by atoms with Gasteiger partial charge in [0.05, 0.1) is 10.5 Å². The van der Waals surface area contributed by atoms with Gasteiger partial charge in [-0.05, 0) is 51.0 Å². The van der Waals surface area contributed by atoms with E-state index in [4.69, 9.17) is 5.73 Å². The second-order valence-electron chi connectivity index (χ2n) is 5.21. The molecule has 2 fully saturated rings. The van der Waals surface area contributed by atoms with Gasteiger partial charge in [0.15, 0.2) is 9.84 Å². The van der Waals surface area contributed by atoms with Crippen LogP contribution < -0.4 is 5.73 Å². The first kappa shape index (κ1) is 10.4. The quantitative estimate of drug-likeness (QED) is 0.744. The van der Waals surface area contributed by atoms with Crippen molar-refractivity contribution in [3.8, 4) is 0 Å². The predicted octanol–water partition coefficient (Wildman–Crippen LogP) is 0.795. The number of hydrogen-bond acceptors (Lipinski definition) is 3. The van der Waals surface area contributed by atoms with Crippen LogP contribution in [-0.2, 0) is 9.84 Å². The molecule has 3 nitrogen and oxygen atoms in total. The Kier molecular flexibility index (Phi) is 2.20. The van der Waals surface area contributed by atoms with Crippen LogP contribution in [0.4, 0.5) is 0 Å². The SMILES string of the molecule is CC1(C)C([C@@H]2C[C@H]2CN)CCS1(=O)=O. The van der Waals surface area contributed by atoms with E-state index < -0.39 is 14.6 Å². The lowest BCUT2D eigenvalue weighted by atomic mass is 9.87. The zero-order chi connectivity index (χ0) is 10.6. The average molecular weight is 217 g/mol. The number of rotatable bonds is 2. The number of hydrogen-bond donors (Lipinski definition) is 1. The molecule has 0 aromatic rings. The Balaban J connectivity index is 2.17. The first-order valence-corrected chi connectivity index (χ1v) is 6.97. The van der Waals surface area contributed by atoms with E-state index in [0.29, 0.717) is 23.5 Å². The summed E-state index contributed by atoms with van der Waals surface area (Å²) in [6.07, 6.45) is 1.98. The lowest BCUT2D eigenvalue weighted by Gasteiger charge is -2.25. The monoisotopic (exact) mass is 217 g/mol. The minimum atomic E-state index is -2.85. The fraction of sp³-hybridized carbons (Fsp3) is 1.00. The first-order chi connectivity index (χ1) is 6.40. The van der Waals surface area contributed by atoms with Crippen molar-refractivity contribution in [2.24, 2.45) is 23.5 Å². The number of nitrogens with two attached hydrogens (primary N) is 1. The second-order valence-corrected chi connectivity index (χ2v) is 7.90. The molecule has 0 aromatic heterocycles. The molecule has 2 N–H and O–H groups in total. The smallest absolute Gasteiger partial charge is 0.155 e. The average Bonchev–Trinajstić information content (AvgIpc) is 2.78. The molecule has 2 aliphatic rings. The van der Waals surface area contributed by atoms with E-state index in [0.717, 1.165) is 19.4 Å². The van der Waals surface area contributed by atoms with Crippen LogP contribution in [0, 0.1) is 17.8 Å². The normalized spacial score (nSPS) is 43.8. The van der Waals surface area contributed by atoms with Crippen LogP contribution in [0.2, 0.25) is 0 Å². The third-order valence-electron chi connectivity index (χ3n) is 4.19. The van der Waals surface area contributed by atoms with E-state index in [9.17, 15) is 8.42 Å². The molecule has 3 atom stereocenters. The lowest BCUT2D eigenvalue weighted by Crippen LogP contribution is -2.35. The Hall–Kier alpha value is -0.0900. The summed E-state index contributed by atoms with van der Waals surface area (Å²) in [4.78, 5) is 0. The maximum absolute atomic E-state index is 11.8. The Labute approximate surface area is 86.0 Å². The van der Waals surface area contributed by atoms with Crippen molar-refractivity contribution in [2.75, 3.05) is 12.3 Å². The van der Waals surface area contributed by atoms with E-state index in [2.05, 4.69) is 0 Å². The summed E-state index contributed by atoms with van der Waals surface area (Å²) in [6, 6.07) is 0. The van der Waals surface area contributed by atoms with Gasteiger partial charge in [0.25, 0.3) is 0 Å². The van der Waals surface area contributed by atoms with Crippen LogP contribution in [0.15, 0.2) is 0 Å². The fourth-order valence-electron chi connectivity index (χ4n) is 2.89. The van der Waals surface area contributed by atoms with E-state index in [-0.39, 0.29) is 0 Å². The van der Waals surface area contributed by atoms with Gasteiger partial charge in [-0.15, -0.1) is 0 Å². The third-order valence-corrected chi connectivity index (χ3v) is 6.87. The zero-order valence-electron chi connectivity index (χ0n) is 8.86. The molecule has 0 amide bonds. The minimum Gasteiger partial charge on any atom is -0.330 e. The molecule has 1 saturated carbocycles. The summed E-state index contributed by atoms with van der Waals surface area (Å²) >= 11 is 0. The van der Waals surface area contributed by atoms with Crippen LogP contribution in [0.3, 0.4) is 0 Å². The van der Waals surface area contributed by atoms with Gasteiger partial charge >= 0.3 is 0 Å². The van der Waals surface area contributed by atoms with Crippen molar-refractivity contribution in [3.05, 3.63) is 0 Å². The highest BCUT2D eigenvalue weighted by molar-refractivity contribution is 7.93. The number of sulfone groups is 1. The second kappa shape index (κ2) is 2.95. The molecule has 0 radical (unpaired) electrons. The largest absolute Gasteiger partial charge is 0.330 e. The lowest BCUT2D eigenvalue weighted by molar-refractivity contribution is 0.358. The maximum atomic E-state index is 11.8. The molecule has 1 heterocycles. The highest BCUT2D eigenvalue weighted by Crippen LogP contribution is 2.53. The summed E-state index contributed by atoms with van der Waals surface area (Å²) in [5.41, 5.74) is 5.60. The first-order valence-electron chi connectivity index (χ1n) is 5.32. The topological polar surface area (TPSA) is 60.2 Å². The molecule has 82 valence electrons. The van der Waals surface area contributed by atoms with Gasteiger partial charge in [0, 0.05) is 0 Å². The Bertz CT molecular complexity index is 334. The molecule has 0 spiro atoms. The van der Waals surface area contributed by atoms with E-state index in [1.54, 1.807) is 0 Å². The van der Waals surface area contributed by atoms with Crippen molar-refractivity contribution >= 4 is 9.84 Å².